The largest absolute Gasteiger partial charge is 0.339 e. The van der Waals surface area contributed by atoms with Crippen molar-refractivity contribution in [2.24, 2.45) is 0 Å². The van der Waals surface area contributed by atoms with Crippen molar-refractivity contribution >= 4 is 29.9 Å². The summed E-state index contributed by atoms with van der Waals surface area (Å²) in [7, 11) is 0. The van der Waals surface area contributed by atoms with Crippen LogP contribution in [0.2, 0.25) is 0 Å². The Labute approximate surface area is 137 Å². The van der Waals surface area contributed by atoms with E-state index < -0.39 is 0 Å². The number of nitrogens with zero attached hydrogens (tertiary/aromatic N) is 2. The summed E-state index contributed by atoms with van der Waals surface area (Å²) >= 11 is 5.70. The average molecular weight is 329 g/mol. The fraction of sp³-hybridized carbons (Fsp3) is 0.562. The van der Waals surface area contributed by atoms with Gasteiger partial charge in [0.25, 0.3) is 0 Å². The molecule has 1 aliphatic carbocycles. The molecule has 1 saturated carbocycles. The third kappa shape index (κ3) is 3.36. The van der Waals surface area contributed by atoms with Crippen LogP contribution in [0.25, 0.3) is 0 Å². The summed E-state index contributed by atoms with van der Waals surface area (Å²) in [6.45, 7) is 3.60. The normalized spacial score (nSPS) is 20.7. The van der Waals surface area contributed by atoms with E-state index in [0.29, 0.717) is 0 Å². The summed E-state index contributed by atoms with van der Waals surface area (Å²) in [5, 5.41) is 0. The van der Waals surface area contributed by atoms with Crippen LogP contribution < -0.4 is 0 Å². The summed E-state index contributed by atoms with van der Waals surface area (Å²) in [5.41, 5.74) is 1.56. The molecule has 0 atom stereocenters. The second-order valence-electron chi connectivity index (χ2n) is 5.93. The van der Waals surface area contributed by atoms with E-state index in [4.69, 9.17) is 11.6 Å². The molecule has 1 saturated heterocycles. The van der Waals surface area contributed by atoms with Gasteiger partial charge in [-0.3, -0.25) is 9.69 Å². The molecule has 5 heteroatoms. The zero-order chi connectivity index (χ0) is 14.0. The fourth-order valence-corrected chi connectivity index (χ4v) is 3.59. The Morgan fingerprint density at radius 3 is 2.48 bits per heavy atom. The first kappa shape index (κ1) is 16.6. The van der Waals surface area contributed by atoms with Gasteiger partial charge in [-0.2, -0.15) is 0 Å². The number of hydrogen-bond acceptors (Lipinski definition) is 2. The number of benzene rings is 1. The van der Waals surface area contributed by atoms with E-state index in [1.165, 1.54) is 24.8 Å². The van der Waals surface area contributed by atoms with Gasteiger partial charge in [0.1, 0.15) is 5.88 Å². The maximum Gasteiger partial charge on any atom is 0.237 e. The number of amides is 1. The molecule has 1 heterocycles. The Morgan fingerprint density at radius 1 is 1.19 bits per heavy atom. The summed E-state index contributed by atoms with van der Waals surface area (Å²) in [6.07, 6.45) is 3.67. The van der Waals surface area contributed by atoms with Crippen molar-refractivity contribution in [2.75, 3.05) is 25.5 Å². The number of alkyl halides is 1. The number of piperazine rings is 1. The highest BCUT2D eigenvalue weighted by Gasteiger charge is 2.46. The van der Waals surface area contributed by atoms with Crippen LogP contribution >= 0.6 is 24.0 Å². The van der Waals surface area contributed by atoms with Crippen LogP contribution in [0.4, 0.5) is 0 Å². The van der Waals surface area contributed by atoms with Crippen molar-refractivity contribution in [1.29, 1.82) is 0 Å². The van der Waals surface area contributed by atoms with Gasteiger partial charge < -0.3 is 4.90 Å². The van der Waals surface area contributed by atoms with Crippen LogP contribution in [0.1, 0.15) is 24.8 Å². The van der Waals surface area contributed by atoms with Crippen molar-refractivity contribution < 1.29 is 4.79 Å². The molecular formula is C16H22Cl2N2O. The second kappa shape index (κ2) is 6.99. The number of carbonyl (C=O) groups is 1. The standard InChI is InChI=1S/C16H21ClN2O.ClH/c17-11-15(20)18-9-10-19(16(13-18)7-4-8-16)12-14-5-2-1-3-6-14;/h1-3,5-6H,4,7-13H2;1H. The van der Waals surface area contributed by atoms with Crippen molar-refractivity contribution in [3.8, 4) is 0 Å². The SMILES string of the molecule is Cl.O=C(CCl)N1CCN(Cc2ccccc2)C2(CCC2)C1. The van der Waals surface area contributed by atoms with Gasteiger partial charge >= 0.3 is 0 Å². The molecular weight excluding hydrogens is 307 g/mol. The number of carbonyl (C=O) groups excluding carboxylic acids is 1. The molecule has 1 spiro atoms. The van der Waals surface area contributed by atoms with E-state index >= 15 is 0 Å². The molecule has 0 aromatic heterocycles. The van der Waals surface area contributed by atoms with Gasteiger partial charge in [-0.25, -0.2) is 0 Å². The van der Waals surface area contributed by atoms with Crippen molar-refractivity contribution in [3.63, 3.8) is 0 Å². The lowest BCUT2D eigenvalue weighted by Crippen LogP contribution is -2.66. The Bertz CT molecular complexity index is 476. The molecule has 1 amide bonds. The van der Waals surface area contributed by atoms with Crippen LogP contribution in [0.5, 0.6) is 0 Å². The molecule has 1 aromatic rings. The highest BCUT2D eigenvalue weighted by Crippen LogP contribution is 2.41. The molecule has 1 aliphatic heterocycles. The quantitative estimate of drug-likeness (QED) is 0.796. The van der Waals surface area contributed by atoms with Gasteiger partial charge in [0, 0.05) is 31.7 Å². The lowest BCUT2D eigenvalue weighted by Gasteiger charge is -2.56. The summed E-state index contributed by atoms with van der Waals surface area (Å²) < 4.78 is 0. The molecule has 0 radical (unpaired) electrons. The summed E-state index contributed by atoms with van der Waals surface area (Å²) in [6, 6.07) is 10.6. The number of hydrogen-bond donors (Lipinski definition) is 0. The minimum Gasteiger partial charge on any atom is -0.339 e. The number of halogens is 2. The maximum atomic E-state index is 11.8. The highest BCUT2D eigenvalue weighted by molar-refractivity contribution is 6.27. The first-order valence-corrected chi connectivity index (χ1v) is 7.90. The van der Waals surface area contributed by atoms with Crippen LogP contribution in [0, 0.1) is 0 Å². The molecule has 3 nitrogen and oxygen atoms in total. The Kier molecular flexibility index (Phi) is 5.53. The van der Waals surface area contributed by atoms with Gasteiger partial charge in [-0.15, -0.1) is 24.0 Å². The Hall–Kier alpha value is -0.770. The predicted octanol–water partition coefficient (Wildman–Crippen LogP) is 2.91. The van der Waals surface area contributed by atoms with E-state index in [-0.39, 0.29) is 29.7 Å². The van der Waals surface area contributed by atoms with Gasteiger partial charge in [0.05, 0.1) is 0 Å². The van der Waals surface area contributed by atoms with Crippen molar-refractivity contribution in [1.82, 2.24) is 9.80 Å². The van der Waals surface area contributed by atoms with Crippen LogP contribution in [0.3, 0.4) is 0 Å². The van der Waals surface area contributed by atoms with Crippen LogP contribution in [-0.2, 0) is 11.3 Å². The highest BCUT2D eigenvalue weighted by atomic mass is 35.5. The van der Waals surface area contributed by atoms with Crippen molar-refractivity contribution in [2.45, 2.75) is 31.3 Å². The molecule has 0 unspecified atom stereocenters. The molecule has 1 aromatic carbocycles. The third-order valence-electron chi connectivity index (χ3n) is 4.76. The monoisotopic (exact) mass is 328 g/mol. The van der Waals surface area contributed by atoms with E-state index in [9.17, 15) is 4.79 Å². The van der Waals surface area contributed by atoms with E-state index in [1.807, 2.05) is 4.90 Å². The van der Waals surface area contributed by atoms with E-state index in [1.54, 1.807) is 0 Å². The molecule has 0 bridgehead atoms. The minimum atomic E-state index is 0. The first-order valence-electron chi connectivity index (χ1n) is 7.36. The van der Waals surface area contributed by atoms with E-state index in [0.717, 1.165) is 26.2 Å². The molecule has 3 rings (SSSR count). The van der Waals surface area contributed by atoms with Gasteiger partial charge in [0.15, 0.2) is 0 Å². The van der Waals surface area contributed by atoms with Gasteiger partial charge in [-0.1, -0.05) is 30.3 Å². The Balaban J connectivity index is 0.00000161. The first-order chi connectivity index (χ1) is 9.73. The molecule has 0 N–H and O–H groups in total. The van der Waals surface area contributed by atoms with E-state index in [2.05, 4.69) is 35.2 Å². The molecule has 116 valence electrons. The minimum absolute atomic E-state index is 0. The van der Waals surface area contributed by atoms with Gasteiger partial charge in [-0.05, 0) is 24.8 Å². The summed E-state index contributed by atoms with van der Waals surface area (Å²) in [5.74, 6) is 0.187. The van der Waals surface area contributed by atoms with Crippen LogP contribution in [-0.4, -0.2) is 46.8 Å². The average Bonchev–Trinajstić information content (AvgIpc) is 2.46. The second-order valence-corrected chi connectivity index (χ2v) is 6.20. The lowest BCUT2D eigenvalue weighted by atomic mass is 9.73. The van der Waals surface area contributed by atoms with Crippen LogP contribution in [0.15, 0.2) is 30.3 Å². The smallest absolute Gasteiger partial charge is 0.237 e. The lowest BCUT2D eigenvalue weighted by molar-refractivity contribution is -0.138. The zero-order valence-electron chi connectivity index (χ0n) is 12.1. The maximum absolute atomic E-state index is 11.8. The molecule has 2 fully saturated rings. The topological polar surface area (TPSA) is 23.6 Å². The fourth-order valence-electron chi connectivity index (χ4n) is 3.42. The van der Waals surface area contributed by atoms with Gasteiger partial charge in [0.2, 0.25) is 5.91 Å². The summed E-state index contributed by atoms with van der Waals surface area (Å²) in [4.78, 5) is 16.4. The number of rotatable bonds is 3. The molecule has 21 heavy (non-hydrogen) atoms. The third-order valence-corrected chi connectivity index (χ3v) is 4.99. The zero-order valence-corrected chi connectivity index (χ0v) is 13.7. The predicted molar refractivity (Wildman–Crippen MR) is 88.0 cm³/mol. The molecule has 2 aliphatic rings. The Morgan fingerprint density at radius 2 is 1.90 bits per heavy atom. The van der Waals surface area contributed by atoms with Crippen molar-refractivity contribution in [3.05, 3.63) is 35.9 Å².